The van der Waals surface area contributed by atoms with Gasteiger partial charge in [0.25, 0.3) is 0 Å². The Morgan fingerprint density at radius 3 is 1.34 bits per heavy atom. The Kier molecular flexibility index (Phi) is 24.4. The summed E-state index contributed by atoms with van der Waals surface area (Å²) in [6.07, 6.45) is 2.15. The van der Waals surface area contributed by atoms with Crippen LogP contribution in [-0.2, 0) is 27.1 Å². The average molecular weight is 2020 g/mol. The number of furan rings is 5. The van der Waals surface area contributed by atoms with Crippen molar-refractivity contribution in [3.8, 4) is 63.2 Å². The van der Waals surface area contributed by atoms with E-state index in [0.717, 1.165) is 158 Å². The zero-order valence-corrected chi connectivity index (χ0v) is 84.4. The van der Waals surface area contributed by atoms with Gasteiger partial charge in [0.2, 0.25) is 33.4 Å². The number of hydrogen-bond donors (Lipinski definition) is 0. The van der Waals surface area contributed by atoms with Crippen molar-refractivity contribution >= 4 is 197 Å². The first-order valence-electron chi connectivity index (χ1n) is 46.2. The SMILES string of the molecule is COc1cc(C)cc(OC)c1N1c2ccccc2Oc2c1oc1ccccc21.COc1cc(C)cc(OC)c1N1c2ccccc2S(=O)(=O)c2c1oc1ccccc21.COc1cc(C)cc(OC)c1N1c2ccccc2S(=O)c2c1oc1ccccc21.COc1cc(C)cc(OC)c1N1c2ccccc2Sc2c1oc1ccccc21.Cc1ccc(N2c3ccccc3[Se]c3c2oc2ccccc32)c2c1CCCO2. The Balaban J connectivity index is 0.000000102. The molecule has 11 heterocycles. The molecule has 0 spiro atoms. The monoisotopic (exact) mass is 2020 g/mol. The van der Waals surface area contributed by atoms with Crippen LogP contribution in [0.1, 0.15) is 39.8 Å². The summed E-state index contributed by atoms with van der Waals surface area (Å²) in [5.74, 6) is 10.8. The van der Waals surface area contributed by atoms with Crippen LogP contribution in [0, 0.1) is 34.6 Å². The number of rotatable bonds is 13. The van der Waals surface area contributed by atoms with Crippen LogP contribution in [0.15, 0.2) is 355 Å². The van der Waals surface area contributed by atoms with Gasteiger partial charge >= 0.3 is 170 Å². The second-order valence-corrected chi connectivity index (χ2v) is 41.0. The Bertz CT molecular complexity index is 8310. The molecule has 0 amide bonds. The van der Waals surface area contributed by atoms with Crippen LogP contribution in [0.25, 0.3) is 54.8 Å². The molecule has 0 saturated carbocycles. The van der Waals surface area contributed by atoms with Gasteiger partial charge in [0.1, 0.15) is 101 Å². The Hall–Kier alpha value is -16.0. The maximum atomic E-state index is 13.6. The fourth-order valence-corrected chi connectivity index (χ4v) is 26.0. The topological polar surface area (TPSA) is 225 Å². The van der Waals surface area contributed by atoms with Gasteiger partial charge in [0, 0.05) is 21.1 Å². The molecule has 143 heavy (non-hydrogen) atoms. The third-order valence-electron chi connectivity index (χ3n) is 25.7. The van der Waals surface area contributed by atoms with Crippen LogP contribution in [0.3, 0.4) is 0 Å². The van der Waals surface area contributed by atoms with E-state index >= 15 is 0 Å². The van der Waals surface area contributed by atoms with E-state index in [1.165, 1.54) is 31.1 Å². The van der Waals surface area contributed by atoms with Gasteiger partial charge in [-0.3, -0.25) is 19.6 Å². The molecule has 26 rings (SSSR count). The Labute approximate surface area is 838 Å². The van der Waals surface area contributed by atoms with Gasteiger partial charge in [0.15, 0.2) is 11.5 Å². The summed E-state index contributed by atoms with van der Waals surface area (Å²) >= 11 is 1.94. The van der Waals surface area contributed by atoms with E-state index in [1.54, 1.807) is 116 Å². The molecule has 5 aromatic heterocycles. The Morgan fingerprint density at radius 2 is 0.755 bits per heavy atom. The van der Waals surface area contributed by atoms with Gasteiger partial charge in [-0.1, -0.05) is 109 Å². The van der Waals surface area contributed by atoms with Crippen LogP contribution in [-0.4, -0.2) is 91.1 Å². The molecule has 0 fully saturated rings. The molecule has 0 saturated heterocycles. The molecule has 0 aliphatic carbocycles. The fraction of sp³-hybridized carbons (Fsp3) is 0.138. The van der Waals surface area contributed by atoms with Crippen molar-refractivity contribution in [2.75, 3.05) is 88.0 Å². The number of hydrogen-bond acceptors (Lipinski definition) is 24. The molecule has 6 aliphatic heterocycles. The van der Waals surface area contributed by atoms with E-state index < -0.39 is 20.6 Å². The number of anilines is 15. The second kappa shape index (κ2) is 37.9. The number of methoxy groups -OCH3 is 8. The molecule has 1 unspecified atom stereocenters. The van der Waals surface area contributed by atoms with Gasteiger partial charge in [-0.2, -0.15) is 0 Å². The predicted molar refractivity (Wildman–Crippen MR) is 564 cm³/mol. The summed E-state index contributed by atoms with van der Waals surface area (Å²) in [5, 5.41) is 4.62. The third-order valence-corrected chi connectivity index (χ3v) is 32.7. The predicted octanol–water partition coefficient (Wildman–Crippen LogP) is 28.6. The van der Waals surface area contributed by atoms with Crippen molar-refractivity contribution in [2.45, 2.75) is 76.8 Å². The summed E-state index contributed by atoms with van der Waals surface area (Å²) in [6.45, 7) is 10.9. The number of para-hydroxylation sites is 11. The van der Waals surface area contributed by atoms with Gasteiger partial charge in [-0.25, -0.2) is 12.6 Å². The summed E-state index contributed by atoms with van der Waals surface area (Å²) < 4.78 is 133. The molecule has 0 N–H and O–H groups in total. The fourth-order valence-electron chi connectivity index (χ4n) is 19.4. The summed E-state index contributed by atoms with van der Waals surface area (Å²) in [7, 11) is 7.93. The summed E-state index contributed by atoms with van der Waals surface area (Å²) in [4.78, 5) is 14.1. The molecule has 20 aromatic rings. The van der Waals surface area contributed by atoms with Gasteiger partial charge in [-0.05, 0) is 196 Å². The van der Waals surface area contributed by atoms with Crippen molar-refractivity contribution in [1.82, 2.24) is 0 Å². The molecule has 23 nitrogen and oxygen atoms in total. The Morgan fingerprint density at radius 1 is 0.350 bits per heavy atom. The van der Waals surface area contributed by atoms with Crippen molar-refractivity contribution in [3.05, 3.63) is 337 Å². The maximum absolute atomic E-state index is 13.6. The summed E-state index contributed by atoms with van der Waals surface area (Å²) in [5.41, 5.74) is 18.8. The van der Waals surface area contributed by atoms with E-state index in [-0.39, 0.29) is 30.6 Å². The molecule has 27 heteroatoms. The molecule has 1 atom stereocenters. The quantitative estimate of drug-likeness (QED) is 0.0978. The van der Waals surface area contributed by atoms with Gasteiger partial charge < -0.3 is 60.3 Å². The molecular weight excluding hydrogens is 1930 g/mol. The van der Waals surface area contributed by atoms with E-state index in [2.05, 4.69) is 95.6 Å². The van der Waals surface area contributed by atoms with E-state index in [4.69, 9.17) is 69.5 Å². The van der Waals surface area contributed by atoms with E-state index in [9.17, 15) is 12.6 Å². The van der Waals surface area contributed by atoms with Crippen molar-refractivity contribution in [2.24, 2.45) is 0 Å². The zero-order valence-electron chi connectivity index (χ0n) is 80.2. The van der Waals surface area contributed by atoms with Crippen LogP contribution in [0.5, 0.6) is 63.2 Å². The van der Waals surface area contributed by atoms with Crippen molar-refractivity contribution in [1.29, 1.82) is 0 Å². The number of sulfone groups is 1. The zero-order chi connectivity index (χ0) is 98.3. The number of nitrogens with zero attached hydrogens (tertiary/aromatic N) is 5. The molecule has 6 aliphatic rings. The second-order valence-electron chi connectivity index (χ2n) is 34.5. The summed E-state index contributed by atoms with van der Waals surface area (Å²) in [6, 6.07) is 98.5. The van der Waals surface area contributed by atoms with Crippen molar-refractivity contribution in [3.63, 3.8) is 0 Å². The first kappa shape index (κ1) is 92.0. The number of fused-ring (bicyclic) bond motifs is 21. The minimum absolute atomic E-state index is 0.140. The number of aryl methyl sites for hydroxylation is 5. The molecule has 716 valence electrons. The molecular formula is C116H95N5O18S3Se. The standard InChI is InChI=1S/C24H19NO2Se.C23H19NO5S.C23H19NO4S.C23H19NO4.C23H19NO3S/c1-15-12-13-19(22-16(15)8-6-14-26-22)25-18-9-3-5-11-21(18)28-23-17-7-2-4-10-20(17)27-24(23)25;1-14-12-18(27-2)21(19(13-14)28-3)24-16-9-5-7-11-20(16)30(25,26)22-15-8-4-6-10-17(15)29-23(22)24;1-14-12-18(26-2)21(19(13-14)27-3)24-16-9-5-7-11-20(16)29(25)22-15-8-4-6-10-17(15)28-23(22)24;1-14-12-19(25-2)21(20(13-14)26-3)24-16-9-5-7-11-18(16)27-22-15-8-4-6-10-17(15)28-23(22)24;1-14-12-18(25-2)21(19(13-14)26-3)24-16-9-5-7-11-20(16)28-22-15-8-4-6-10-17(15)27-23(22)24/h2-5,7,9-13H,6,8,14H2,1H3;4-13H,1-3H3;4-13H,1-3H3;2*4-13H,1-3H3. The molecule has 0 bridgehead atoms. The average Bonchev–Trinajstić information content (AvgIpc) is 1.59. The van der Waals surface area contributed by atoms with E-state index in [0.29, 0.717) is 90.5 Å². The first-order chi connectivity index (χ1) is 69.8. The van der Waals surface area contributed by atoms with Crippen LogP contribution < -0.4 is 80.8 Å². The number of ether oxygens (including phenoxy) is 10. The number of benzene rings is 15. The minimum atomic E-state index is -3.79. The van der Waals surface area contributed by atoms with Crippen molar-refractivity contribution < 1.29 is 82.1 Å². The first-order valence-corrected chi connectivity index (χ1v) is 51.4. The van der Waals surface area contributed by atoms with Gasteiger partial charge in [0.05, 0.1) is 111 Å². The third kappa shape index (κ3) is 15.8. The van der Waals surface area contributed by atoms with Crippen LogP contribution in [0.4, 0.5) is 86.3 Å². The molecule has 15 aromatic carbocycles. The van der Waals surface area contributed by atoms with Gasteiger partial charge in [-0.15, -0.1) is 0 Å². The molecule has 0 radical (unpaired) electrons. The van der Waals surface area contributed by atoms with E-state index in [1.807, 2.05) is 219 Å². The normalized spacial score (nSPS) is 13.9. The van der Waals surface area contributed by atoms with Crippen LogP contribution in [0.2, 0.25) is 0 Å². The van der Waals surface area contributed by atoms with Crippen LogP contribution >= 0.6 is 11.8 Å².